The molecule has 1 atom stereocenters. The summed E-state index contributed by atoms with van der Waals surface area (Å²) in [7, 11) is 0. The number of nitrogens with one attached hydrogen (secondary N) is 1. The molecule has 3 nitrogen and oxygen atoms in total. The van der Waals surface area contributed by atoms with Crippen molar-refractivity contribution in [1.82, 2.24) is 10.2 Å². The predicted molar refractivity (Wildman–Crippen MR) is 71.9 cm³/mol. The third-order valence-electron chi connectivity index (χ3n) is 3.01. The molecule has 1 unspecified atom stereocenters. The smallest absolute Gasteiger partial charge is 0.238 e. The fourth-order valence-corrected chi connectivity index (χ4v) is 2.53. The van der Waals surface area contributed by atoms with Gasteiger partial charge in [-0.05, 0) is 36.1 Å². The summed E-state index contributed by atoms with van der Waals surface area (Å²) in [5.74, 6) is 0.905. The summed E-state index contributed by atoms with van der Waals surface area (Å²) < 4.78 is 12.9. The van der Waals surface area contributed by atoms with E-state index >= 15 is 0 Å². The van der Waals surface area contributed by atoms with Gasteiger partial charge in [0.1, 0.15) is 12.0 Å². The molecule has 0 saturated carbocycles. The number of benzene rings is 1. The number of hydrogen-bond acceptors (Lipinski definition) is 3. The minimum absolute atomic E-state index is 0.111. The van der Waals surface area contributed by atoms with Crippen LogP contribution in [-0.4, -0.2) is 35.9 Å². The topological polar surface area (TPSA) is 32.3 Å². The van der Waals surface area contributed by atoms with Crippen molar-refractivity contribution in [2.24, 2.45) is 0 Å². The normalized spacial score (nSPS) is 19.6. The van der Waals surface area contributed by atoms with E-state index in [0.29, 0.717) is 6.54 Å². The highest BCUT2D eigenvalue weighted by atomic mass is 32.2. The molecule has 0 bridgehead atoms. The first-order valence-corrected chi connectivity index (χ1v) is 7.39. The molecule has 1 amide bonds. The molecule has 0 spiro atoms. The molecule has 1 aliphatic heterocycles. The van der Waals surface area contributed by atoms with Crippen molar-refractivity contribution in [3.8, 4) is 0 Å². The summed E-state index contributed by atoms with van der Waals surface area (Å²) in [6.07, 6.45) is 2.92. The number of amides is 1. The summed E-state index contributed by atoms with van der Waals surface area (Å²) in [5.41, 5.74) is 0.936. The van der Waals surface area contributed by atoms with Crippen molar-refractivity contribution in [3.63, 3.8) is 0 Å². The van der Waals surface area contributed by atoms with Crippen LogP contribution in [0.3, 0.4) is 0 Å². The number of carbonyl (C=O) groups excluding carboxylic acids is 1. The first kappa shape index (κ1) is 13.4. The highest BCUT2D eigenvalue weighted by Gasteiger charge is 2.30. The van der Waals surface area contributed by atoms with Gasteiger partial charge in [0.05, 0.1) is 6.54 Å². The van der Waals surface area contributed by atoms with Crippen LogP contribution in [0.1, 0.15) is 18.2 Å². The van der Waals surface area contributed by atoms with E-state index in [9.17, 15) is 9.18 Å². The molecule has 1 aromatic rings. The van der Waals surface area contributed by atoms with E-state index < -0.39 is 0 Å². The molecule has 1 N–H and O–H groups in total. The second-order valence-corrected chi connectivity index (χ2v) is 5.25. The Morgan fingerprint density at radius 3 is 2.83 bits per heavy atom. The van der Waals surface area contributed by atoms with E-state index in [-0.39, 0.29) is 17.9 Å². The van der Waals surface area contributed by atoms with E-state index in [1.807, 2.05) is 4.90 Å². The SMILES string of the molecule is CSCCCN1C(=O)CNC1c1ccc(F)cc1. The lowest BCUT2D eigenvalue weighted by Crippen LogP contribution is -2.31. The molecular weight excluding hydrogens is 251 g/mol. The molecular formula is C13H17FN2OS. The second kappa shape index (κ2) is 6.20. The highest BCUT2D eigenvalue weighted by Crippen LogP contribution is 2.23. The van der Waals surface area contributed by atoms with E-state index in [1.165, 1.54) is 12.1 Å². The van der Waals surface area contributed by atoms with Gasteiger partial charge in [0.25, 0.3) is 0 Å². The van der Waals surface area contributed by atoms with Gasteiger partial charge < -0.3 is 4.90 Å². The fourth-order valence-electron chi connectivity index (χ4n) is 2.12. The summed E-state index contributed by atoms with van der Waals surface area (Å²) in [6, 6.07) is 6.32. The summed E-state index contributed by atoms with van der Waals surface area (Å²) >= 11 is 1.78. The molecule has 2 rings (SSSR count). The molecule has 1 aliphatic rings. The first-order valence-electron chi connectivity index (χ1n) is 5.99. The Labute approximate surface area is 111 Å². The lowest BCUT2D eigenvalue weighted by Gasteiger charge is -2.24. The average molecular weight is 268 g/mol. The zero-order valence-corrected chi connectivity index (χ0v) is 11.2. The standard InChI is InChI=1S/C13H17FN2OS/c1-18-8-2-7-16-12(17)9-15-13(16)10-3-5-11(14)6-4-10/h3-6,13,15H,2,7-9H2,1H3. The number of thioether (sulfide) groups is 1. The second-order valence-electron chi connectivity index (χ2n) is 4.27. The van der Waals surface area contributed by atoms with Crippen LogP contribution in [0.5, 0.6) is 0 Å². The lowest BCUT2D eigenvalue weighted by atomic mass is 10.1. The third kappa shape index (κ3) is 3.03. The summed E-state index contributed by atoms with van der Waals surface area (Å²) in [4.78, 5) is 13.6. The zero-order valence-electron chi connectivity index (χ0n) is 10.4. The minimum atomic E-state index is -0.253. The maximum absolute atomic E-state index is 12.9. The van der Waals surface area contributed by atoms with Crippen LogP contribution in [0.2, 0.25) is 0 Å². The molecule has 1 fully saturated rings. The maximum atomic E-state index is 12.9. The molecule has 98 valence electrons. The summed E-state index contributed by atoms with van der Waals surface area (Å²) in [6.45, 7) is 1.11. The summed E-state index contributed by atoms with van der Waals surface area (Å²) in [5, 5.41) is 3.17. The fraction of sp³-hybridized carbons (Fsp3) is 0.462. The molecule has 0 radical (unpaired) electrons. The monoisotopic (exact) mass is 268 g/mol. The Hall–Kier alpha value is -1.07. The van der Waals surface area contributed by atoms with Gasteiger partial charge in [-0.15, -0.1) is 0 Å². The van der Waals surface area contributed by atoms with Crippen LogP contribution >= 0.6 is 11.8 Å². The number of hydrogen-bond donors (Lipinski definition) is 1. The van der Waals surface area contributed by atoms with Crippen LogP contribution in [0.15, 0.2) is 24.3 Å². The Morgan fingerprint density at radius 2 is 2.17 bits per heavy atom. The van der Waals surface area contributed by atoms with Gasteiger partial charge in [0.2, 0.25) is 5.91 Å². The van der Waals surface area contributed by atoms with E-state index in [1.54, 1.807) is 23.9 Å². The van der Waals surface area contributed by atoms with Gasteiger partial charge in [-0.2, -0.15) is 11.8 Å². The first-order chi connectivity index (χ1) is 8.72. The Balaban J connectivity index is 2.06. The number of halogens is 1. The van der Waals surface area contributed by atoms with Crippen molar-refractivity contribution in [3.05, 3.63) is 35.6 Å². The van der Waals surface area contributed by atoms with Gasteiger partial charge in [0.15, 0.2) is 0 Å². The van der Waals surface area contributed by atoms with Crippen molar-refractivity contribution in [2.75, 3.05) is 25.1 Å². The van der Waals surface area contributed by atoms with Gasteiger partial charge >= 0.3 is 0 Å². The third-order valence-corrected chi connectivity index (χ3v) is 3.71. The largest absolute Gasteiger partial charge is 0.322 e. The number of carbonyl (C=O) groups is 1. The minimum Gasteiger partial charge on any atom is -0.322 e. The van der Waals surface area contributed by atoms with Gasteiger partial charge in [-0.1, -0.05) is 12.1 Å². The van der Waals surface area contributed by atoms with Crippen molar-refractivity contribution < 1.29 is 9.18 Å². The van der Waals surface area contributed by atoms with Crippen molar-refractivity contribution in [2.45, 2.75) is 12.6 Å². The quantitative estimate of drug-likeness (QED) is 0.829. The zero-order chi connectivity index (χ0) is 13.0. The molecule has 0 aromatic heterocycles. The van der Waals surface area contributed by atoms with Crippen LogP contribution in [0.25, 0.3) is 0 Å². The van der Waals surface area contributed by atoms with Crippen molar-refractivity contribution >= 4 is 17.7 Å². The Kier molecular flexibility index (Phi) is 4.60. The van der Waals surface area contributed by atoms with Gasteiger partial charge in [-0.25, -0.2) is 4.39 Å². The molecule has 1 saturated heterocycles. The predicted octanol–water partition coefficient (Wildman–Crippen LogP) is 2.01. The van der Waals surface area contributed by atoms with Crippen LogP contribution in [0, 0.1) is 5.82 Å². The van der Waals surface area contributed by atoms with Crippen LogP contribution in [-0.2, 0) is 4.79 Å². The average Bonchev–Trinajstić information content (AvgIpc) is 2.73. The molecule has 0 aliphatic carbocycles. The number of rotatable bonds is 5. The van der Waals surface area contributed by atoms with Crippen LogP contribution < -0.4 is 5.32 Å². The highest BCUT2D eigenvalue weighted by molar-refractivity contribution is 7.98. The maximum Gasteiger partial charge on any atom is 0.238 e. The lowest BCUT2D eigenvalue weighted by molar-refractivity contribution is -0.128. The molecule has 5 heteroatoms. The Morgan fingerprint density at radius 1 is 1.44 bits per heavy atom. The molecule has 1 aromatic carbocycles. The molecule has 1 heterocycles. The number of nitrogens with zero attached hydrogens (tertiary/aromatic N) is 1. The molecule has 18 heavy (non-hydrogen) atoms. The van der Waals surface area contributed by atoms with Gasteiger partial charge in [0, 0.05) is 6.54 Å². The van der Waals surface area contributed by atoms with Gasteiger partial charge in [-0.3, -0.25) is 10.1 Å². The van der Waals surface area contributed by atoms with E-state index in [4.69, 9.17) is 0 Å². The Bertz CT molecular complexity index is 410. The van der Waals surface area contributed by atoms with E-state index in [0.717, 1.165) is 24.3 Å². The van der Waals surface area contributed by atoms with Crippen molar-refractivity contribution in [1.29, 1.82) is 0 Å². The van der Waals surface area contributed by atoms with E-state index in [2.05, 4.69) is 11.6 Å². The van der Waals surface area contributed by atoms with Crippen LogP contribution in [0.4, 0.5) is 4.39 Å².